The molecular formula is C10H17NOS. The van der Waals surface area contributed by atoms with Gasteiger partial charge in [0.2, 0.25) is 0 Å². The third-order valence-corrected chi connectivity index (χ3v) is 3.23. The van der Waals surface area contributed by atoms with Crippen LogP contribution >= 0.6 is 11.3 Å². The minimum atomic E-state index is -0.204. The molecule has 1 heterocycles. The number of aliphatic hydroxyl groups is 1. The molecule has 0 spiro atoms. The summed E-state index contributed by atoms with van der Waals surface area (Å²) in [5.41, 5.74) is 0. The Hall–Kier alpha value is -0.410. The number of aryl methyl sites for hydroxylation is 1. The second-order valence-corrected chi connectivity index (χ2v) is 4.85. The normalized spacial score (nSPS) is 13.6. The highest BCUT2D eigenvalue weighted by molar-refractivity contribution is 7.11. The van der Waals surface area contributed by atoms with Gasteiger partial charge in [0, 0.05) is 17.0 Å². The van der Waals surface area contributed by atoms with Crippen LogP contribution in [0.5, 0.6) is 0 Å². The van der Waals surface area contributed by atoms with Gasteiger partial charge in [0.25, 0.3) is 0 Å². The molecule has 13 heavy (non-hydrogen) atoms. The minimum absolute atomic E-state index is 0.204. The zero-order valence-electron chi connectivity index (χ0n) is 8.45. The van der Waals surface area contributed by atoms with Gasteiger partial charge in [-0.05, 0) is 19.8 Å². The standard InChI is InChI=1S/C10H17NOS/c1-7(2)10-11-6-9(13-10)5-4-8(3)12/h6-8,12H,4-5H2,1-3H3/t8-/m1/s1. The van der Waals surface area contributed by atoms with E-state index in [1.807, 2.05) is 13.1 Å². The van der Waals surface area contributed by atoms with Crippen LogP contribution in [0.3, 0.4) is 0 Å². The monoisotopic (exact) mass is 199 g/mol. The SMILES string of the molecule is CC(C)c1ncc(CC[C@@H](C)O)s1. The molecule has 0 aliphatic heterocycles. The van der Waals surface area contributed by atoms with E-state index in [1.165, 1.54) is 9.88 Å². The predicted octanol–water partition coefficient (Wildman–Crippen LogP) is 2.58. The van der Waals surface area contributed by atoms with E-state index in [0.29, 0.717) is 5.92 Å². The van der Waals surface area contributed by atoms with E-state index in [1.54, 1.807) is 11.3 Å². The van der Waals surface area contributed by atoms with E-state index in [-0.39, 0.29) is 6.10 Å². The molecule has 0 saturated heterocycles. The molecule has 0 amide bonds. The molecule has 0 bridgehead atoms. The highest BCUT2D eigenvalue weighted by atomic mass is 32.1. The van der Waals surface area contributed by atoms with Crippen molar-refractivity contribution in [3.63, 3.8) is 0 Å². The molecule has 1 rings (SSSR count). The second-order valence-electron chi connectivity index (χ2n) is 3.71. The summed E-state index contributed by atoms with van der Waals surface area (Å²) < 4.78 is 0. The molecule has 2 nitrogen and oxygen atoms in total. The van der Waals surface area contributed by atoms with Crippen LogP contribution in [-0.4, -0.2) is 16.2 Å². The van der Waals surface area contributed by atoms with Crippen LogP contribution < -0.4 is 0 Å². The number of hydrogen-bond acceptors (Lipinski definition) is 3. The number of hydrogen-bond donors (Lipinski definition) is 1. The molecule has 0 saturated carbocycles. The van der Waals surface area contributed by atoms with Crippen LogP contribution in [-0.2, 0) is 6.42 Å². The van der Waals surface area contributed by atoms with Gasteiger partial charge in [-0.15, -0.1) is 11.3 Å². The van der Waals surface area contributed by atoms with Crippen molar-refractivity contribution >= 4 is 11.3 Å². The van der Waals surface area contributed by atoms with Crippen molar-refractivity contribution in [2.24, 2.45) is 0 Å². The predicted molar refractivity (Wildman–Crippen MR) is 56.2 cm³/mol. The summed E-state index contributed by atoms with van der Waals surface area (Å²) in [4.78, 5) is 5.61. The van der Waals surface area contributed by atoms with Gasteiger partial charge in [-0.1, -0.05) is 13.8 Å². The fourth-order valence-corrected chi connectivity index (χ4v) is 1.99. The third kappa shape index (κ3) is 3.44. The average molecular weight is 199 g/mol. The summed E-state index contributed by atoms with van der Waals surface area (Å²) in [6.45, 7) is 6.12. The first kappa shape index (κ1) is 10.7. The summed E-state index contributed by atoms with van der Waals surface area (Å²) in [6, 6.07) is 0. The maximum Gasteiger partial charge on any atom is 0.0953 e. The molecule has 0 aromatic carbocycles. The van der Waals surface area contributed by atoms with Gasteiger partial charge in [0.15, 0.2) is 0 Å². The van der Waals surface area contributed by atoms with E-state index in [2.05, 4.69) is 18.8 Å². The molecule has 3 heteroatoms. The number of nitrogens with zero attached hydrogens (tertiary/aromatic N) is 1. The van der Waals surface area contributed by atoms with Gasteiger partial charge in [-0.2, -0.15) is 0 Å². The Morgan fingerprint density at radius 3 is 2.62 bits per heavy atom. The lowest BCUT2D eigenvalue weighted by Gasteiger charge is -2.00. The first-order chi connectivity index (χ1) is 6.09. The lowest BCUT2D eigenvalue weighted by Crippen LogP contribution is -2.00. The van der Waals surface area contributed by atoms with Crippen molar-refractivity contribution in [3.8, 4) is 0 Å². The van der Waals surface area contributed by atoms with E-state index in [9.17, 15) is 0 Å². The molecule has 0 fully saturated rings. The smallest absolute Gasteiger partial charge is 0.0953 e. The van der Waals surface area contributed by atoms with Gasteiger partial charge < -0.3 is 5.11 Å². The van der Waals surface area contributed by atoms with Crippen molar-refractivity contribution in [2.75, 3.05) is 0 Å². The van der Waals surface area contributed by atoms with Gasteiger partial charge >= 0.3 is 0 Å². The van der Waals surface area contributed by atoms with Gasteiger partial charge in [0.05, 0.1) is 11.1 Å². The van der Waals surface area contributed by atoms with Crippen LogP contribution in [0, 0.1) is 0 Å². The van der Waals surface area contributed by atoms with E-state index >= 15 is 0 Å². The quantitative estimate of drug-likeness (QED) is 0.808. The Morgan fingerprint density at radius 1 is 1.46 bits per heavy atom. The Balaban J connectivity index is 2.49. The summed E-state index contributed by atoms with van der Waals surface area (Å²) in [6.07, 6.45) is 3.51. The molecular weight excluding hydrogens is 182 g/mol. The van der Waals surface area contributed by atoms with Crippen LogP contribution in [0.1, 0.15) is 43.0 Å². The molecule has 1 N–H and O–H groups in total. The highest BCUT2D eigenvalue weighted by Crippen LogP contribution is 2.22. The van der Waals surface area contributed by atoms with Gasteiger partial charge in [0.1, 0.15) is 0 Å². The molecule has 0 unspecified atom stereocenters. The summed E-state index contributed by atoms with van der Waals surface area (Å²) in [5, 5.41) is 10.3. The van der Waals surface area contributed by atoms with E-state index in [4.69, 9.17) is 5.11 Å². The number of rotatable bonds is 4. The molecule has 1 atom stereocenters. The Morgan fingerprint density at radius 2 is 2.15 bits per heavy atom. The topological polar surface area (TPSA) is 33.1 Å². The molecule has 74 valence electrons. The second kappa shape index (κ2) is 4.72. The van der Waals surface area contributed by atoms with Gasteiger partial charge in [-0.3, -0.25) is 0 Å². The molecule has 0 aliphatic rings. The van der Waals surface area contributed by atoms with Crippen molar-refractivity contribution in [1.29, 1.82) is 0 Å². The highest BCUT2D eigenvalue weighted by Gasteiger charge is 2.06. The minimum Gasteiger partial charge on any atom is -0.393 e. The zero-order chi connectivity index (χ0) is 9.84. The number of thiazole rings is 1. The van der Waals surface area contributed by atoms with Crippen LogP contribution in [0.15, 0.2) is 6.20 Å². The fourth-order valence-electron chi connectivity index (χ4n) is 1.06. The number of aromatic nitrogens is 1. The Labute approximate surface area is 83.6 Å². The Bertz CT molecular complexity index is 255. The largest absolute Gasteiger partial charge is 0.393 e. The summed E-state index contributed by atoms with van der Waals surface area (Å²) in [5.74, 6) is 0.519. The zero-order valence-corrected chi connectivity index (χ0v) is 9.27. The fraction of sp³-hybridized carbons (Fsp3) is 0.700. The lowest BCUT2D eigenvalue weighted by molar-refractivity contribution is 0.185. The molecule has 1 aromatic rings. The molecule has 0 radical (unpaired) electrons. The summed E-state index contributed by atoms with van der Waals surface area (Å²) in [7, 11) is 0. The molecule has 0 aliphatic carbocycles. The maximum absolute atomic E-state index is 9.11. The maximum atomic E-state index is 9.11. The first-order valence-electron chi connectivity index (χ1n) is 4.72. The van der Waals surface area contributed by atoms with Crippen molar-refractivity contribution in [1.82, 2.24) is 4.98 Å². The van der Waals surface area contributed by atoms with Crippen LogP contribution in [0.2, 0.25) is 0 Å². The lowest BCUT2D eigenvalue weighted by atomic mass is 10.2. The first-order valence-corrected chi connectivity index (χ1v) is 5.54. The molecule has 1 aromatic heterocycles. The van der Waals surface area contributed by atoms with E-state index in [0.717, 1.165) is 12.8 Å². The van der Waals surface area contributed by atoms with Crippen molar-refractivity contribution < 1.29 is 5.11 Å². The van der Waals surface area contributed by atoms with E-state index < -0.39 is 0 Å². The summed E-state index contributed by atoms with van der Waals surface area (Å²) >= 11 is 1.76. The van der Waals surface area contributed by atoms with Crippen molar-refractivity contribution in [3.05, 3.63) is 16.1 Å². The Kier molecular flexibility index (Phi) is 3.88. The van der Waals surface area contributed by atoms with Crippen molar-refractivity contribution in [2.45, 2.75) is 45.6 Å². The van der Waals surface area contributed by atoms with Crippen LogP contribution in [0.4, 0.5) is 0 Å². The third-order valence-electron chi connectivity index (χ3n) is 1.87. The van der Waals surface area contributed by atoms with Crippen LogP contribution in [0.25, 0.3) is 0 Å². The number of aliphatic hydroxyl groups excluding tert-OH is 1. The van der Waals surface area contributed by atoms with Gasteiger partial charge in [-0.25, -0.2) is 4.98 Å². The average Bonchev–Trinajstić information content (AvgIpc) is 2.48.